The fourth-order valence-corrected chi connectivity index (χ4v) is 3.65. The Bertz CT molecular complexity index is 1030. The molecule has 4 rings (SSSR count). The average molecular weight is 376 g/mol. The molecule has 2 aromatic heterocycles. The van der Waals surface area contributed by atoms with E-state index in [9.17, 15) is 4.79 Å². The summed E-state index contributed by atoms with van der Waals surface area (Å²) in [6.45, 7) is 2.06. The molecule has 2 aromatic carbocycles. The first kappa shape index (κ1) is 17.4. The second-order valence-corrected chi connectivity index (χ2v) is 7.36. The van der Waals surface area contributed by atoms with Crippen molar-refractivity contribution in [3.8, 4) is 11.3 Å². The van der Waals surface area contributed by atoms with E-state index >= 15 is 0 Å². The third-order valence-electron chi connectivity index (χ3n) is 4.35. The van der Waals surface area contributed by atoms with Crippen LogP contribution in [0.5, 0.6) is 0 Å². The van der Waals surface area contributed by atoms with Gasteiger partial charge >= 0.3 is 0 Å². The predicted octanol–water partition coefficient (Wildman–Crippen LogP) is 4.96. The Morgan fingerprint density at radius 3 is 2.74 bits per heavy atom. The molecule has 0 saturated carbocycles. The standard InChI is InChI=1S/C21H20N4OS/c1-14-9-11-15(12-10-14)18-13-27-21(24-18)25-20(26)8-4-7-19-22-16-5-2-3-6-17(16)23-19/h2-3,5-6,9-13H,4,7-8H2,1H3,(H,22,23)(H,24,25,26). The summed E-state index contributed by atoms with van der Waals surface area (Å²) in [6, 6.07) is 16.2. The number of anilines is 1. The van der Waals surface area contributed by atoms with Gasteiger partial charge in [0.05, 0.1) is 16.7 Å². The molecular formula is C21H20N4OS. The molecule has 6 heteroatoms. The van der Waals surface area contributed by atoms with E-state index in [0.717, 1.165) is 41.0 Å². The molecular weight excluding hydrogens is 356 g/mol. The molecule has 0 unspecified atom stereocenters. The Kier molecular flexibility index (Phi) is 4.98. The Hall–Kier alpha value is -2.99. The Balaban J connectivity index is 1.30. The molecule has 0 aliphatic rings. The molecule has 136 valence electrons. The van der Waals surface area contributed by atoms with Crippen LogP contribution in [0.2, 0.25) is 0 Å². The largest absolute Gasteiger partial charge is 0.342 e. The molecule has 0 radical (unpaired) electrons. The summed E-state index contributed by atoms with van der Waals surface area (Å²) in [4.78, 5) is 24.5. The number of carbonyl (C=O) groups excluding carboxylic acids is 1. The van der Waals surface area contributed by atoms with Gasteiger partial charge in [-0.25, -0.2) is 9.97 Å². The molecule has 27 heavy (non-hydrogen) atoms. The number of aromatic nitrogens is 3. The van der Waals surface area contributed by atoms with E-state index in [1.807, 2.05) is 41.8 Å². The quantitative estimate of drug-likeness (QED) is 0.500. The van der Waals surface area contributed by atoms with Crippen LogP contribution in [0.25, 0.3) is 22.3 Å². The smallest absolute Gasteiger partial charge is 0.226 e. The van der Waals surface area contributed by atoms with Gasteiger partial charge in [-0.05, 0) is 25.5 Å². The summed E-state index contributed by atoms with van der Waals surface area (Å²) >= 11 is 1.45. The predicted molar refractivity (Wildman–Crippen MR) is 110 cm³/mol. The summed E-state index contributed by atoms with van der Waals surface area (Å²) < 4.78 is 0. The van der Waals surface area contributed by atoms with E-state index < -0.39 is 0 Å². The van der Waals surface area contributed by atoms with Crippen molar-refractivity contribution in [1.29, 1.82) is 0 Å². The molecule has 4 aromatic rings. The van der Waals surface area contributed by atoms with Crippen molar-refractivity contribution in [2.75, 3.05) is 5.32 Å². The maximum Gasteiger partial charge on any atom is 0.226 e. The van der Waals surface area contributed by atoms with Crippen LogP contribution in [-0.4, -0.2) is 20.9 Å². The van der Waals surface area contributed by atoms with Crippen LogP contribution in [0.4, 0.5) is 5.13 Å². The van der Waals surface area contributed by atoms with E-state index in [2.05, 4.69) is 39.3 Å². The van der Waals surface area contributed by atoms with E-state index in [4.69, 9.17) is 0 Å². The minimum Gasteiger partial charge on any atom is -0.342 e. The first-order valence-corrected chi connectivity index (χ1v) is 9.81. The Labute approximate surface area is 161 Å². The second kappa shape index (κ2) is 7.72. The van der Waals surface area contributed by atoms with Crippen molar-refractivity contribution < 1.29 is 4.79 Å². The molecule has 5 nitrogen and oxygen atoms in total. The minimum absolute atomic E-state index is 0.0177. The molecule has 1 amide bonds. The molecule has 0 bridgehead atoms. The van der Waals surface area contributed by atoms with Crippen molar-refractivity contribution in [3.63, 3.8) is 0 Å². The van der Waals surface area contributed by atoms with Gasteiger partial charge in [0.25, 0.3) is 0 Å². The Morgan fingerprint density at radius 2 is 1.93 bits per heavy atom. The number of fused-ring (bicyclic) bond motifs is 1. The van der Waals surface area contributed by atoms with Crippen LogP contribution in [0.3, 0.4) is 0 Å². The van der Waals surface area contributed by atoms with Gasteiger partial charge in [-0.15, -0.1) is 11.3 Å². The third-order valence-corrected chi connectivity index (χ3v) is 5.11. The lowest BCUT2D eigenvalue weighted by molar-refractivity contribution is -0.116. The number of H-pyrrole nitrogens is 1. The van der Waals surface area contributed by atoms with Crippen LogP contribution in [-0.2, 0) is 11.2 Å². The van der Waals surface area contributed by atoms with Gasteiger partial charge in [-0.1, -0.05) is 42.0 Å². The van der Waals surface area contributed by atoms with Crippen molar-refractivity contribution in [2.24, 2.45) is 0 Å². The SMILES string of the molecule is Cc1ccc(-c2csc(NC(=O)CCCc3nc4ccccc4[nH]3)n2)cc1. The number of hydrogen-bond acceptors (Lipinski definition) is 4. The zero-order valence-electron chi connectivity index (χ0n) is 15.0. The van der Waals surface area contributed by atoms with Crippen LogP contribution >= 0.6 is 11.3 Å². The fraction of sp³-hybridized carbons (Fsp3) is 0.190. The van der Waals surface area contributed by atoms with Gasteiger partial charge in [0, 0.05) is 23.8 Å². The summed E-state index contributed by atoms with van der Waals surface area (Å²) in [7, 11) is 0. The highest BCUT2D eigenvalue weighted by Crippen LogP contribution is 2.25. The monoisotopic (exact) mass is 376 g/mol. The molecule has 2 heterocycles. The number of hydrogen-bond donors (Lipinski definition) is 2. The number of carbonyl (C=O) groups is 1. The second-order valence-electron chi connectivity index (χ2n) is 6.51. The van der Waals surface area contributed by atoms with E-state index in [1.54, 1.807) is 0 Å². The molecule has 0 spiro atoms. The number of thiazole rings is 1. The molecule has 2 N–H and O–H groups in total. The first-order valence-electron chi connectivity index (χ1n) is 8.93. The average Bonchev–Trinajstić information content (AvgIpc) is 3.29. The van der Waals surface area contributed by atoms with Crippen molar-refractivity contribution in [3.05, 3.63) is 65.3 Å². The molecule has 0 aliphatic carbocycles. The van der Waals surface area contributed by atoms with E-state index in [1.165, 1.54) is 16.9 Å². The lowest BCUT2D eigenvalue weighted by atomic mass is 10.1. The zero-order chi connectivity index (χ0) is 18.6. The van der Waals surface area contributed by atoms with Gasteiger partial charge in [-0.3, -0.25) is 4.79 Å². The van der Waals surface area contributed by atoms with Crippen molar-refractivity contribution in [2.45, 2.75) is 26.2 Å². The molecule has 0 fully saturated rings. The number of amides is 1. The number of benzene rings is 2. The van der Waals surface area contributed by atoms with Gasteiger partial charge < -0.3 is 10.3 Å². The fourth-order valence-electron chi connectivity index (χ4n) is 2.91. The number of aromatic amines is 1. The summed E-state index contributed by atoms with van der Waals surface area (Å²) in [5.74, 6) is 0.899. The number of aryl methyl sites for hydroxylation is 2. The first-order chi connectivity index (χ1) is 13.2. The summed E-state index contributed by atoms with van der Waals surface area (Å²) in [6.07, 6.45) is 1.92. The maximum atomic E-state index is 12.2. The summed E-state index contributed by atoms with van der Waals surface area (Å²) in [5.41, 5.74) is 5.15. The third kappa shape index (κ3) is 4.23. The number of para-hydroxylation sites is 2. The van der Waals surface area contributed by atoms with E-state index in [-0.39, 0.29) is 5.91 Å². The van der Waals surface area contributed by atoms with Crippen molar-refractivity contribution >= 4 is 33.4 Å². The van der Waals surface area contributed by atoms with Crippen LogP contribution in [0.15, 0.2) is 53.9 Å². The highest BCUT2D eigenvalue weighted by molar-refractivity contribution is 7.14. The lowest BCUT2D eigenvalue weighted by Crippen LogP contribution is -2.11. The molecule has 0 saturated heterocycles. The molecule has 0 aliphatic heterocycles. The Morgan fingerprint density at radius 1 is 1.11 bits per heavy atom. The maximum absolute atomic E-state index is 12.2. The number of imidazole rings is 1. The highest BCUT2D eigenvalue weighted by atomic mass is 32.1. The van der Waals surface area contributed by atoms with Crippen molar-refractivity contribution in [1.82, 2.24) is 15.0 Å². The number of nitrogens with zero attached hydrogens (tertiary/aromatic N) is 2. The van der Waals surface area contributed by atoms with Gasteiger partial charge in [0.15, 0.2) is 5.13 Å². The number of nitrogens with one attached hydrogen (secondary N) is 2. The zero-order valence-corrected chi connectivity index (χ0v) is 15.8. The van der Waals surface area contributed by atoms with Gasteiger partial charge in [0.1, 0.15) is 5.82 Å². The van der Waals surface area contributed by atoms with Crippen LogP contribution in [0, 0.1) is 6.92 Å². The lowest BCUT2D eigenvalue weighted by Gasteiger charge is -2.01. The number of rotatable bonds is 6. The highest BCUT2D eigenvalue weighted by Gasteiger charge is 2.09. The van der Waals surface area contributed by atoms with Gasteiger partial charge in [-0.2, -0.15) is 0 Å². The van der Waals surface area contributed by atoms with E-state index in [0.29, 0.717) is 11.6 Å². The minimum atomic E-state index is -0.0177. The normalized spacial score (nSPS) is 11.0. The topological polar surface area (TPSA) is 70.7 Å². The van der Waals surface area contributed by atoms with Gasteiger partial charge in [0.2, 0.25) is 5.91 Å². The van der Waals surface area contributed by atoms with Crippen LogP contribution in [0.1, 0.15) is 24.2 Å². The summed E-state index contributed by atoms with van der Waals surface area (Å²) in [5, 5.41) is 5.50. The molecule has 0 atom stereocenters. The van der Waals surface area contributed by atoms with Crippen LogP contribution < -0.4 is 5.32 Å².